The molecule has 0 aliphatic rings. The van der Waals surface area contributed by atoms with Crippen LogP contribution in [0.2, 0.25) is 0 Å². The van der Waals surface area contributed by atoms with Crippen molar-refractivity contribution in [2.75, 3.05) is 0 Å². The highest BCUT2D eigenvalue weighted by Crippen LogP contribution is 2.36. The molecular weight excluding hydrogens is 384 g/mol. The SMILES string of the molecule is Cn1c(-c2ccccc2O)nc2c(-c3cc(-c4ccccn4)ccc3C#N)cccc21. The summed E-state index contributed by atoms with van der Waals surface area (Å²) >= 11 is 0. The van der Waals surface area contributed by atoms with E-state index in [-0.39, 0.29) is 5.75 Å². The lowest BCUT2D eigenvalue weighted by atomic mass is 9.95. The van der Waals surface area contributed by atoms with Crippen LogP contribution < -0.4 is 0 Å². The lowest BCUT2D eigenvalue weighted by molar-refractivity contribution is 0.476. The van der Waals surface area contributed by atoms with Gasteiger partial charge in [-0.25, -0.2) is 4.98 Å². The molecule has 0 aliphatic carbocycles. The van der Waals surface area contributed by atoms with Crippen molar-refractivity contribution in [2.24, 2.45) is 7.05 Å². The zero-order chi connectivity index (χ0) is 21.4. The van der Waals surface area contributed by atoms with Crippen molar-refractivity contribution >= 4 is 11.0 Å². The molecule has 1 N–H and O–H groups in total. The molecule has 31 heavy (non-hydrogen) atoms. The van der Waals surface area contributed by atoms with Crippen LogP contribution >= 0.6 is 0 Å². The average Bonchev–Trinajstić information content (AvgIpc) is 3.16. The second kappa shape index (κ2) is 7.43. The molecule has 0 atom stereocenters. The molecule has 0 aliphatic heterocycles. The number of fused-ring (bicyclic) bond motifs is 1. The molecule has 0 bridgehead atoms. The van der Waals surface area contributed by atoms with Crippen molar-refractivity contribution in [3.05, 3.63) is 90.6 Å². The van der Waals surface area contributed by atoms with Crippen LogP contribution in [0, 0.1) is 11.3 Å². The Bertz CT molecular complexity index is 1460. The highest BCUT2D eigenvalue weighted by Gasteiger charge is 2.18. The summed E-state index contributed by atoms with van der Waals surface area (Å²) < 4.78 is 1.96. The number of benzene rings is 3. The normalized spacial score (nSPS) is 10.8. The number of nitriles is 1. The molecule has 5 heteroatoms. The molecule has 2 aromatic heterocycles. The number of phenols is 1. The summed E-state index contributed by atoms with van der Waals surface area (Å²) in [5.74, 6) is 0.845. The molecule has 148 valence electrons. The van der Waals surface area contributed by atoms with Crippen molar-refractivity contribution in [3.8, 4) is 45.6 Å². The van der Waals surface area contributed by atoms with Gasteiger partial charge in [-0.05, 0) is 42.5 Å². The number of aromatic hydroxyl groups is 1. The molecule has 0 amide bonds. The fraction of sp³-hybridized carbons (Fsp3) is 0.0385. The van der Waals surface area contributed by atoms with Gasteiger partial charge in [0.05, 0.1) is 33.9 Å². The third kappa shape index (κ3) is 3.11. The maximum absolute atomic E-state index is 10.3. The van der Waals surface area contributed by atoms with Gasteiger partial charge in [0.1, 0.15) is 11.6 Å². The summed E-state index contributed by atoms with van der Waals surface area (Å²) in [5.41, 5.74) is 6.37. The number of aryl methyl sites for hydroxylation is 1. The van der Waals surface area contributed by atoms with Crippen LogP contribution in [0.1, 0.15) is 5.56 Å². The highest BCUT2D eigenvalue weighted by molar-refractivity contribution is 5.96. The number of phenolic OH excluding ortho intramolecular Hbond substituents is 1. The van der Waals surface area contributed by atoms with Crippen LogP contribution in [-0.2, 0) is 7.05 Å². The molecule has 5 aromatic rings. The second-order valence-corrected chi connectivity index (χ2v) is 7.27. The van der Waals surface area contributed by atoms with Gasteiger partial charge in [-0.15, -0.1) is 0 Å². The van der Waals surface area contributed by atoms with Gasteiger partial charge in [0.2, 0.25) is 0 Å². The van der Waals surface area contributed by atoms with Gasteiger partial charge in [0.25, 0.3) is 0 Å². The van der Waals surface area contributed by atoms with Crippen molar-refractivity contribution < 1.29 is 5.11 Å². The maximum Gasteiger partial charge on any atom is 0.144 e. The largest absolute Gasteiger partial charge is 0.507 e. The van der Waals surface area contributed by atoms with Crippen molar-refractivity contribution in [3.63, 3.8) is 0 Å². The Labute approximate surface area is 179 Å². The molecule has 0 saturated heterocycles. The minimum Gasteiger partial charge on any atom is -0.507 e. The number of imidazole rings is 1. The zero-order valence-electron chi connectivity index (χ0n) is 16.8. The van der Waals surface area contributed by atoms with E-state index < -0.39 is 0 Å². The number of para-hydroxylation sites is 2. The van der Waals surface area contributed by atoms with E-state index in [1.54, 1.807) is 18.3 Å². The molecule has 0 saturated carbocycles. The van der Waals surface area contributed by atoms with Crippen LogP contribution in [0.5, 0.6) is 5.75 Å². The van der Waals surface area contributed by atoms with E-state index in [0.29, 0.717) is 17.0 Å². The van der Waals surface area contributed by atoms with Crippen LogP contribution in [0.25, 0.3) is 44.8 Å². The quantitative estimate of drug-likeness (QED) is 0.429. The number of hydrogen-bond donors (Lipinski definition) is 1. The van der Waals surface area contributed by atoms with Crippen molar-refractivity contribution in [1.29, 1.82) is 5.26 Å². The summed E-state index contributed by atoms with van der Waals surface area (Å²) in [5, 5.41) is 20.1. The fourth-order valence-corrected chi connectivity index (χ4v) is 3.89. The van der Waals surface area contributed by atoms with Crippen LogP contribution in [0.15, 0.2) is 85.1 Å². The summed E-state index contributed by atoms with van der Waals surface area (Å²) in [6.45, 7) is 0. The van der Waals surface area contributed by atoms with Gasteiger partial charge in [-0.3, -0.25) is 4.98 Å². The van der Waals surface area contributed by atoms with Crippen LogP contribution in [0.3, 0.4) is 0 Å². The Morgan fingerprint density at radius 3 is 2.45 bits per heavy atom. The van der Waals surface area contributed by atoms with E-state index in [2.05, 4.69) is 11.1 Å². The number of rotatable bonds is 3. The summed E-state index contributed by atoms with van der Waals surface area (Å²) in [4.78, 5) is 9.31. The van der Waals surface area contributed by atoms with Gasteiger partial charge in [0, 0.05) is 29.9 Å². The molecule has 0 spiro atoms. The number of aromatic nitrogens is 3. The maximum atomic E-state index is 10.3. The molecular formula is C26H18N4O. The van der Waals surface area contributed by atoms with E-state index in [1.807, 2.05) is 78.3 Å². The minimum absolute atomic E-state index is 0.178. The Hall–Kier alpha value is -4.43. The monoisotopic (exact) mass is 402 g/mol. The van der Waals surface area contributed by atoms with E-state index in [4.69, 9.17) is 4.98 Å². The van der Waals surface area contributed by atoms with Crippen molar-refractivity contribution in [2.45, 2.75) is 0 Å². The Morgan fingerprint density at radius 2 is 1.68 bits per heavy atom. The molecule has 5 rings (SSSR count). The smallest absolute Gasteiger partial charge is 0.144 e. The van der Waals surface area contributed by atoms with Crippen molar-refractivity contribution in [1.82, 2.24) is 14.5 Å². The minimum atomic E-state index is 0.178. The first-order chi connectivity index (χ1) is 15.2. The molecule has 2 heterocycles. The topological polar surface area (TPSA) is 74.7 Å². The lowest BCUT2D eigenvalue weighted by Crippen LogP contribution is -1.92. The summed E-state index contributed by atoms with van der Waals surface area (Å²) in [7, 11) is 1.93. The van der Waals surface area contributed by atoms with Crippen LogP contribution in [-0.4, -0.2) is 19.6 Å². The number of pyridine rings is 1. The van der Waals surface area contributed by atoms with Gasteiger partial charge < -0.3 is 9.67 Å². The van der Waals surface area contributed by atoms with E-state index in [0.717, 1.165) is 33.4 Å². The van der Waals surface area contributed by atoms with Gasteiger partial charge in [-0.2, -0.15) is 5.26 Å². The Kier molecular flexibility index (Phi) is 4.46. The van der Waals surface area contributed by atoms with E-state index >= 15 is 0 Å². The standard InChI is InChI=1S/C26H18N4O/c1-30-23-10-6-8-19(25(23)29-26(30)20-7-2-3-11-24(20)31)21-15-17(12-13-18(21)16-27)22-9-4-5-14-28-22/h2-15,31H,1H3. The average molecular weight is 402 g/mol. The Morgan fingerprint density at radius 1 is 0.871 bits per heavy atom. The van der Waals surface area contributed by atoms with Crippen LogP contribution in [0.4, 0.5) is 0 Å². The third-order valence-electron chi connectivity index (χ3n) is 5.45. The predicted molar refractivity (Wildman–Crippen MR) is 121 cm³/mol. The van der Waals surface area contributed by atoms with E-state index in [1.165, 1.54) is 0 Å². The number of hydrogen-bond acceptors (Lipinski definition) is 4. The summed E-state index contributed by atoms with van der Waals surface area (Å²) in [6.07, 6.45) is 1.76. The summed E-state index contributed by atoms with van der Waals surface area (Å²) in [6, 6.07) is 26.9. The van der Waals surface area contributed by atoms with Gasteiger partial charge in [-0.1, -0.05) is 36.4 Å². The molecule has 5 nitrogen and oxygen atoms in total. The van der Waals surface area contributed by atoms with Gasteiger partial charge >= 0.3 is 0 Å². The number of nitrogens with zero attached hydrogens (tertiary/aromatic N) is 4. The van der Waals surface area contributed by atoms with Gasteiger partial charge in [0.15, 0.2) is 0 Å². The second-order valence-electron chi connectivity index (χ2n) is 7.27. The fourth-order valence-electron chi connectivity index (χ4n) is 3.89. The molecule has 0 unspecified atom stereocenters. The first-order valence-electron chi connectivity index (χ1n) is 9.87. The molecule has 0 radical (unpaired) electrons. The first kappa shape index (κ1) is 18.6. The lowest BCUT2D eigenvalue weighted by Gasteiger charge is -2.09. The predicted octanol–water partition coefficient (Wildman–Crippen LogP) is 5.55. The molecule has 0 fully saturated rings. The van der Waals surface area contributed by atoms with E-state index in [9.17, 15) is 10.4 Å². The molecule has 3 aromatic carbocycles. The third-order valence-corrected chi connectivity index (χ3v) is 5.45. The zero-order valence-corrected chi connectivity index (χ0v) is 16.8. The Balaban J connectivity index is 1.76. The first-order valence-corrected chi connectivity index (χ1v) is 9.87. The highest BCUT2D eigenvalue weighted by atomic mass is 16.3.